The highest BCUT2D eigenvalue weighted by Gasteiger charge is 2.01. The summed E-state index contributed by atoms with van der Waals surface area (Å²) in [6, 6.07) is 0. The minimum absolute atomic E-state index is 0.699. The van der Waals surface area contributed by atoms with Crippen molar-refractivity contribution in [1.82, 2.24) is 0 Å². The molecule has 0 aliphatic heterocycles. The van der Waals surface area contributed by atoms with Crippen molar-refractivity contribution in [3.63, 3.8) is 0 Å². The monoisotopic (exact) mass is 233 g/mol. The van der Waals surface area contributed by atoms with Gasteiger partial charge in [-0.25, -0.2) is 0 Å². The summed E-state index contributed by atoms with van der Waals surface area (Å²) in [6.07, 6.45) is 12.6. The van der Waals surface area contributed by atoms with E-state index in [1.54, 1.807) is 0 Å². The molecule has 0 rings (SSSR count). The predicted octanol–water partition coefficient (Wildman–Crippen LogP) is 5.31. The number of nitrogens with zero attached hydrogens (tertiary/aromatic N) is 1. The minimum Gasteiger partial charge on any atom is -0.261 e. The molecule has 0 radical (unpaired) electrons. The van der Waals surface area contributed by atoms with Gasteiger partial charge in [0.05, 0.1) is 0 Å². The fourth-order valence-electron chi connectivity index (χ4n) is 1.40. The molecule has 0 fully saturated rings. The van der Waals surface area contributed by atoms with Gasteiger partial charge < -0.3 is 0 Å². The molecule has 0 aromatic rings. The Balaban J connectivity index is 4.49. The van der Waals surface area contributed by atoms with Crippen LogP contribution in [0.15, 0.2) is 41.1 Å². The number of aliphatic imine (C=N–C) groups is 1. The SMILES string of the molecule is C=CC(/C=N/C(=C\C)CC(C)CC)=C\CCC. The Kier molecular flexibility index (Phi) is 9.41. The van der Waals surface area contributed by atoms with Crippen LogP contribution in [-0.2, 0) is 0 Å². The van der Waals surface area contributed by atoms with E-state index in [2.05, 4.69) is 51.4 Å². The second-order valence-corrected chi connectivity index (χ2v) is 4.45. The van der Waals surface area contributed by atoms with Gasteiger partial charge in [0.2, 0.25) is 0 Å². The molecular weight excluding hydrogens is 206 g/mol. The van der Waals surface area contributed by atoms with Crippen molar-refractivity contribution in [3.8, 4) is 0 Å². The summed E-state index contributed by atoms with van der Waals surface area (Å²) < 4.78 is 0. The van der Waals surface area contributed by atoms with E-state index in [1.807, 2.05) is 12.3 Å². The van der Waals surface area contributed by atoms with Crippen LogP contribution < -0.4 is 0 Å². The maximum absolute atomic E-state index is 4.55. The van der Waals surface area contributed by atoms with Gasteiger partial charge in [0, 0.05) is 11.9 Å². The van der Waals surface area contributed by atoms with E-state index in [4.69, 9.17) is 0 Å². The number of hydrogen-bond acceptors (Lipinski definition) is 1. The zero-order valence-corrected chi connectivity index (χ0v) is 11.9. The van der Waals surface area contributed by atoms with E-state index < -0.39 is 0 Å². The first kappa shape index (κ1) is 15.9. The third-order valence-corrected chi connectivity index (χ3v) is 2.87. The van der Waals surface area contributed by atoms with Gasteiger partial charge in [-0.1, -0.05) is 58.4 Å². The topological polar surface area (TPSA) is 12.4 Å². The van der Waals surface area contributed by atoms with Gasteiger partial charge >= 0.3 is 0 Å². The molecule has 0 bridgehead atoms. The molecule has 96 valence electrons. The molecule has 17 heavy (non-hydrogen) atoms. The largest absolute Gasteiger partial charge is 0.261 e. The van der Waals surface area contributed by atoms with Crippen LogP contribution in [0.5, 0.6) is 0 Å². The van der Waals surface area contributed by atoms with E-state index in [-0.39, 0.29) is 0 Å². The van der Waals surface area contributed by atoms with Crippen molar-refractivity contribution in [2.75, 3.05) is 0 Å². The Hall–Kier alpha value is -1.11. The van der Waals surface area contributed by atoms with E-state index >= 15 is 0 Å². The van der Waals surface area contributed by atoms with Crippen LogP contribution in [0.3, 0.4) is 0 Å². The van der Waals surface area contributed by atoms with E-state index in [9.17, 15) is 0 Å². The summed E-state index contributed by atoms with van der Waals surface area (Å²) in [6.45, 7) is 12.5. The molecule has 0 aromatic heterocycles. The summed E-state index contributed by atoms with van der Waals surface area (Å²) in [5.74, 6) is 0.699. The van der Waals surface area contributed by atoms with Crippen LogP contribution in [0, 0.1) is 5.92 Å². The van der Waals surface area contributed by atoms with Gasteiger partial charge in [-0.05, 0) is 31.3 Å². The van der Waals surface area contributed by atoms with Crippen LogP contribution in [0.25, 0.3) is 0 Å². The van der Waals surface area contributed by atoms with Gasteiger partial charge in [-0.3, -0.25) is 4.99 Å². The molecule has 0 aromatic carbocycles. The van der Waals surface area contributed by atoms with Crippen LogP contribution in [0.1, 0.15) is 53.4 Å². The molecule has 1 unspecified atom stereocenters. The van der Waals surface area contributed by atoms with E-state index in [0.29, 0.717) is 5.92 Å². The van der Waals surface area contributed by atoms with Gasteiger partial charge in [0.1, 0.15) is 0 Å². The lowest BCUT2D eigenvalue weighted by Gasteiger charge is -2.07. The lowest BCUT2D eigenvalue weighted by atomic mass is 10.0. The minimum atomic E-state index is 0.699. The second-order valence-electron chi connectivity index (χ2n) is 4.45. The average molecular weight is 233 g/mol. The summed E-state index contributed by atoms with van der Waals surface area (Å²) >= 11 is 0. The van der Waals surface area contributed by atoms with Gasteiger partial charge in [0.15, 0.2) is 0 Å². The number of rotatable bonds is 8. The fraction of sp³-hybridized carbons (Fsp3) is 0.562. The first-order chi connectivity index (χ1) is 8.17. The molecule has 0 aliphatic carbocycles. The predicted molar refractivity (Wildman–Crippen MR) is 79.5 cm³/mol. The normalized spacial score (nSPS) is 15.3. The molecular formula is C16H27N. The first-order valence-corrected chi connectivity index (χ1v) is 6.69. The van der Waals surface area contributed by atoms with E-state index in [1.165, 1.54) is 12.1 Å². The summed E-state index contributed by atoms with van der Waals surface area (Å²) in [5, 5.41) is 0. The van der Waals surface area contributed by atoms with Crippen molar-refractivity contribution in [2.24, 2.45) is 10.9 Å². The van der Waals surface area contributed by atoms with Gasteiger partial charge in [-0.2, -0.15) is 0 Å². The number of unbranched alkanes of at least 4 members (excludes halogenated alkanes) is 1. The molecule has 0 saturated carbocycles. The zero-order chi connectivity index (χ0) is 13.1. The summed E-state index contributed by atoms with van der Waals surface area (Å²) in [4.78, 5) is 4.55. The number of hydrogen-bond donors (Lipinski definition) is 0. The average Bonchev–Trinajstić information content (AvgIpc) is 2.37. The fourth-order valence-corrected chi connectivity index (χ4v) is 1.40. The molecule has 0 amide bonds. The highest BCUT2D eigenvalue weighted by atomic mass is 14.7. The Morgan fingerprint density at radius 3 is 2.53 bits per heavy atom. The molecule has 0 spiro atoms. The molecule has 0 aliphatic rings. The van der Waals surface area contributed by atoms with Crippen LogP contribution in [0.2, 0.25) is 0 Å². The maximum atomic E-state index is 4.55. The quantitative estimate of drug-likeness (QED) is 0.398. The smallest absolute Gasteiger partial charge is 0.0363 e. The Bertz CT molecular complexity index is 295. The van der Waals surface area contributed by atoms with Crippen molar-refractivity contribution >= 4 is 6.21 Å². The van der Waals surface area contributed by atoms with Crippen molar-refractivity contribution < 1.29 is 0 Å². The van der Waals surface area contributed by atoms with E-state index in [0.717, 1.165) is 24.8 Å². The molecule has 1 atom stereocenters. The maximum Gasteiger partial charge on any atom is 0.0363 e. The summed E-state index contributed by atoms with van der Waals surface area (Å²) in [7, 11) is 0. The molecule has 1 nitrogen and oxygen atoms in total. The number of allylic oxidation sites excluding steroid dienone is 5. The highest BCUT2D eigenvalue weighted by Crippen LogP contribution is 2.15. The first-order valence-electron chi connectivity index (χ1n) is 6.69. The standard InChI is InChI=1S/C16H27N/c1-6-10-11-15(8-3)13-17-16(9-4)12-14(5)7-2/h8-9,11,13-14H,3,6-7,10,12H2,1-2,4-5H3/b15-11+,16-9-,17-13+. The molecule has 1 heteroatoms. The summed E-state index contributed by atoms with van der Waals surface area (Å²) in [5.41, 5.74) is 2.29. The third kappa shape index (κ3) is 7.73. The highest BCUT2D eigenvalue weighted by molar-refractivity contribution is 5.82. The van der Waals surface area contributed by atoms with Crippen molar-refractivity contribution in [2.45, 2.75) is 53.4 Å². The van der Waals surface area contributed by atoms with Gasteiger partial charge in [0.25, 0.3) is 0 Å². The van der Waals surface area contributed by atoms with Crippen LogP contribution in [0.4, 0.5) is 0 Å². The van der Waals surface area contributed by atoms with Gasteiger partial charge in [-0.15, -0.1) is 0 Å². The Labute approximate surface area is 107 Å². The Morgan fingerprint density at radius 1 is 1.35 bits per heavy atom. The van der Waals surface area contributed by atoms with Crippen LogP contribution >= 0.6 is 0 Å². The third-order valence-electron chi connectivity index (χ3n) is 2.87. The van der Waals surface area contributed by atoms with Crippen molar-refractivity contribution in [1.29, 1.82) is 0 Å². The molecule has 0 N–H and O–H groups in total. The van der Waals surface area contributed by atoms with Crippen molar-refractivity contribution in [3.05, 3.63) is 36.1 Å². The molecule has 0 heterocycles. The molecule has 0 saturated heterocycles. The second kappa shape index (κ2) is 10.1. The lowest BCUT2D eigenvalue weighted by molar-refractivity contribution is 0.555. The Morgan fingerprint density at radius 2 is 2.06 bits per heavy atom. The van der Waals surface area contributed by atoms with Crippen LogP contribution in [-0.4, -0.2) is 6.21 Å². The lowest BCUT2D eigenvalue weighted by Crippen LogP contribution is -1.94. The zero-order valence-electron chi connectivity index (χ0n) is 11.9.